The first-order valence-electron chi connectivity index (χ1n) is 13.3. The van der Waals surface area contributed by atoms with Crippen molar-refractivity contribution >= 4 is 57.3 Å². The van der Waals surface area contributed by atoms with E-state index in [0.717, 1.165) is 16.9 Å². The number of rotatable bonds is 8. The van der Waals surface area contributed by atoms with Gasteiger partial charge in [-0.3, -0.25) is 14.5 Å². The second-order valence-electron chi connectivity index (χ2n) is 9.97. The summed E-state index contributed by atoms with van der Waals surface area (Å²) in [6, 6.07) is 16.9. The highest BCUT2D eigenvalue weighted by molar-refractivity contribution is 8.00. The molecular weight excluding hydrogens is 610 g/mol. The number of Topliss-reactive ketones (excluding diaryl/α,β-unsaturated/α-hetero) is 1. The Balaban J connectivity index is 1.42. The van der Waals surface area contributed by atoms with Gasteiger partial charge in [-0.25, -0.2) is 0 Å². The van der Waals surface area contributed by atoms with Crippen molar-refractivity contribution < 1.29 is 28.9 Å². The van der Waals surface area contributed by atoms with Crippen LogP contribution in [0.15, 0.2) is 70.6 Å². The summed E-state index contributed by atoms with van der Waals surface area (Å²) in [7, 11) is 3.02. The Morgan fingerprint density at radius 2 is 1.88 bits per heavy atom. The monoisotopic (exact) mass is 635 g/mol. The van der Waals surface area contributed by atoms with E-state index in [0.29, 0.717) is 44.2 Å². The molecule has 1 N–H and O–H groups in total. The van der Waals surface area contributed by atoms with Crippen LogP contribution in [-0.4, -0.2) is 47.3 Å². The summed E-state index contributed by atoms with van der Waals surface area (Å²) in [6.45, 7) is 1.96. The molecule has 2 unspecified atom stereocenters. The Bertz CT molecular complexity index is 1770. The van der Waals surface area contributed by atoms with Crippen molar-refractivity contribution in [1.29, 1.82) is 0 Å². The van der Waals surface area contributed by atoms with E-state index in [1.54, 1.807) is 36.4 Å². The first kappa shape index (κ1) is 29.0. The van der Waals surface area contributed by atoms with Crippen LogP contribution in [0.5, 0.6) is 17.2 Å². The average molecular weight is 636 g/mol. The first-order chi connectivity index (χ1) is 20.8. The Morgan fingerprint density at radius 1 is 1.09 bits per heavy atom. The quantitative estimate of drug-likeness (QED) is 0.0767. The molecule has 220 valence electrons. The Morgan fingerprint density at radius 3 is 2.65 bits per heavy atom. The summed E-state index contributed by atoms with van der Waals surface area (Å²) in [5.41, 5.74) is 2.72. The number of aromatic nitrogens is 2. The summed E-state index contributed by atoms with van der Waals surface area (Å²) in [4.78, 5) is 28.6. The van der Waals surface area contributed by atoms with E-state index in [1.165, 1.54) is 42.2 Å². The molecule has 2 atom stereocenters. The van der Waals surface area contributed by atoms with Crippen LogP contribution in [0.2, 0.25) is 5.02 Å². The van der Waals surface area contributed by atoms with Crippen molar-refractivity contribution in [2.45, 2.75) is 35.6 Å². The molecule has 2 aliphatic rings. The Labute approximate surface area is 261 Å². The molecule has 43 heavy (non-hydrogen) atoms. The fourth-order valence-electron chi connectivity index (χ4n) is 5.21. The number of carbonyl (C=O) groups excluding carboxylic acids is 2. The van der Waals surface area contributed by atoms with Crippen LogP contribution in [0.1, 0.15) is 35.2 Å². The van der Waals surface area contributed by atoms with Crippen LogP contribution in [0.25, 0.3) is 5.76 Å². The minimum Gasteiger partial charge on any atom is -0.507 e. The number of hydrogen-bond acceptors (Lipinski definition) is 10. The van der Waals surface area contributed by atoms with E-state index in [1.807, 2.05) is 31.2 Å². The van der Waals surface area contributed by atoms with Gasteiger partial charge in [0.2, 0.25) is 5.13 Å². The van der Waals surface area contributed by atoms with Crippen LogP contribution < -0.4 is 19.1 Å². The average Bonchev–Trinajstić information content (AvgIpc) is 3.70. The number of halogens is 1. The number of anilines is 1. The molecular formula is C31H26ClN3O6S2. The zero-order valence-corrected chi connectivity index (χ0v) is 25.8. The molecule has 12 heteroatoms. The van der Waals surface area contributed by atoms with E-state index in [2.05, 4.69) is 10.2 Å². The molecule has 0 aliphatic carbocycles. The van der Waals surface area contributed by atoms with E-state index in [4.69, 9.17) is 25.8 Å². The molecule has 0 bridgehead atoms. The molecule has 3 heterocycles. The van der Waals surface area contributed by atoms with Gasteiger partial charge in [-0.15, -0.1) is 10.2 Å². The summed E-state index contributed by atoms with van der Waals surface area (Å²) in [5, 5.41) is 21.0. The van der Waals surface area contributed by atoms with Crippen molar-refractivity contribution in [1.82, 2.24) is 10.2 Å². The highest BCUT2D eigenvalue weighted by Crippen LogP contribution is 2.46. The lowest BCUT2D eigenvalue weighted by Gasteiger charge is -2.23. The third kappa shape index (κ3) is 5.44. The van der Waals surface area contributed by atoms with Gasteiger partial charge in [0.05, 0.1) is 25.8 Å². The van der Waals surface area contributed by atoms with Crippen molar-refractivity contribution in [3.63, 3.8) is 0 Å². The topological polar surface area (TPSA) is 111 Å². The van der Waals surface area contributed by atoms with Crippen LogP contribution >= 0.6 is 34.7 Å². The molecule has 9 nitrogen and oxygen atoms in total. The molecule has 0 spiro atoms. The van der Waals surface area contributed by atoms with Crippen LogP contribution in [0.4, 0.5) is 5.13 Å². The number of benzene rings is 3. The third-order valence-electron chi connectivity index (χ3n) is 7.25. The summed E-state index contributed by atoms with van der Waals surface area (Å²) < 4.78 is 17.3. The maximum absolute atomic E-state index is 13.7. The van der Waals surface area contributed by atoms with Crippen LogP contribution in [0, 0.1) is 0 Å². The number of ketones is 1. The number of aliphatic hydroxyl groups excluding tert-OH is 1. The van der Waals surface area contributed by atoms with E-state index >= 15 is 0 Å². The number of hydrogen-bond donors (Lipinski definition) is 1. The molecule has 0 radical (unpaired) electrons. The predicted octanol–water partition coefficient (Wildman–Crippen LogP) is 6.45. The number of carbonyl (C=O) groups is 2. The second kappa shape index (κ2) is 11.9. The maximum atomic E-state index is 13.7. The molecule has 1 saturated heterocycles. The molecule has 2 aliphatic heterocycles. The van der Waals surface area contributed by atoms with E-state index < -0.39 is 17.7 Å². The lowest BCUT2D eigenvalue weighted by Crippen LogP contribution is -2.29. The zero-order chi connectivity index (χ0) is 30.2. The summed E-state index contributed by atoms with van der Waals surface area (Å²) >= 11 is 8.91. The molecule has 0 saturated carbocycles. The highest BCUT2D eigenvalue weighted by Gasteiger charge is 2.48. The third-order valence-corrected chi connectivity index (χ3v) is 9.72. The minimum absolute atomic E-state index is 0.00660. The van der Waals surface area contributed by atoms with E-state index in [-0.39, 0.29) is 22.6 Å². The van der Waals surface area contributed by atoms with Crippen LogP contribution in [-0.2, 0) is 21.8 Å². The number of aliphatic hydroxyl groups is 1. The maximum Gasteiger partial charge on any atom is 0.301 e. The molecule has 1 amide bonds. The lowest BCUT2D eigenvalue weighted by atomic mass is 9.94. The Hall–Kier alpha value is -4.06. The number of methoxy groups -OCH3 is 2. The number of fused-ring (bicyclic) bond motifs is 1. The fraction of sp³-hybridized carbons (Fsp3) is 0.226. The lowest BCUT2D eigenvalue weighted by molar-refractivity contribution is -0.132. The molecule has 1 fully saturated rings. The van der Waals surface area contributed by atoms with Crippen molar-refractivity contribution in [2.75, 3.05) is 19.1 Å². The van der Waals surface area contributed by atoms with Gasteiger partial charge < -0.3 is 19.3 Å². The fourth-order valence-corrected chi connectivity index (χ4v) is 7.36. The number of ether oxygens (including phenoxy) is 3. The SMILES string of the molecule is COc1ccc(C2/C(=C(\O)c3ccc4c(c3)CC(C)O4)C(=O)C(=O)N2c2nnc(SCc3ccccc3Cl)s2)cc1OC. The number of nitrogens with zero attached hydrogens (tertiary/aromatic N) is 3. The van der Waals surface area contributed by atoms with Crippen LogP contribution in [0.3, 0.4) is 0 Å². The number of amides is 1. The molecule has 6 rings (SSSR count). The van der Waals surface area contributed by atoms with Crippen molar-refractivity contribution in [3.05, 3.63) is 93.5 Å². The van der Waals surface area contributed by atoms with Gasteiger partial charge in [-0.2, -0.15) is 0 Å². The zero-order valence-electron chi connectivity index (χ0n) is 23.4. The largest absolute Gasteiger partial charge is 0.507 e. The molecule has 1 aromatic heterocycles. The number of thioether (sulfide) groups is 1. The smallest absolute Gasteiger partial charge is 0.301 e. The van der Waals surface area contributed by atoms with Gasteiger partial charge in [-0.1, -0.05) is 59.0 Å². The Kier molecular flexibility index (Phi) is 8.04. The van der Waals surface area contributed by atoms with Gasteiger partial charge in [0.25, 0.3) is 5.78 Å². The van der Waals surface area contributed by atoms with E-state index in [9.17, 15) is 14.7 Å². The van der Waals surface area contributed by atoms with Gasteiger partial charge >= 0.3 is 5.91 Å². The predicted molar refractivity (Wildman–Crippen MR) is 165 cm³/mol. The summed E-state index contributed by atoms with van der Waals surface area (Å²) in [6.07, 6.45) is 0.677. The standard InChI is InChI=1S/C31H26ClN3O6S2/c1-16-12-20-13-18(9-10-22(20)41-16)27(36)25-26(17-8-11-23(39-2)24(14-17)40-3)35(29(38)28(25)37)30-33-34-31(43-30)42-15-19-6-4-5-7-21(19)32/h4-11,13-14,16,26,36H,12,15H2,1-3H3/b27-25+. The van der Waals surface area contributed by atoms with Crippen molar-refractivity contribution in [3.8, 4) is 17.2 Å². The highest BCUT2D eigenvalue weighted by atomic mass is 35.5. The minimum atomic E-state index is -1.00. The second-order valence-corrected chi connectivity index (χ2v) is 12.6. The molecule has 4 aromatic rings. The van der Waals surface area contributed by atoms with Gasteiger partial charge in [-0.05, 0) is 60.0 Å². The van der Waals surface area contributed by atoms with Gasteiger partial charge in [0.15, 0.2) is 15.8 Å². The van der Waals surface area contributed by atoms with Crippen molar-refractivity contribution in [2.24, 2.45) is 0 Å². The first-order valence-corrected chi connectivity index (χ1v) is 15.5. The molecule has 3 aromatic carbocycles. The van der Waals surface area contributed by atoms with Gasteiger partial charge in [0, 0.05) is 22.8 Å². The summed E-state index contributed by atoms with van der Waals surface area (Å²) in [5.74, 6) is 0.221. The van der Waals surface area contributed by atoms with Gasteiger partial charge in [0.1, 0.15) is 17.6 Å². The normalized spacial score (nSPS) is 18.9.